The first-order valence-electron chi connectivity index (χ1n) is 10.4. The highest BCUT2D eigenvalue weighted by Crippen LogP contribution is 2.20. The van der Waals surface area contributed by atoms with E-state index >= 15 is 0 Å². The highest BCUT2D eigenvalue weighted by molar-refractivity contribution is 6.30. The molecule has 3 rings (SSSR count). The molecule has 0 saturated heterocycles. The largest absolute Gasteiger partial charge is 0.491 e. The number of anilines is 2. The zero-order chi connectivity index (χ0) is 24.8. The molecule has 0 fully saturated rings. The number of benzene rings is 2. The first-order chi connectivity index (χ1) is 16.2. The number of carbonyl (C=O) groups excluding carboxylic acids is 1. The summed E-state index contributed by atoms with van der Waals surface area (Å²) in [7, 11) is 1.19. The van der Waals surface area contributed by atoms with Crippen LogP contribution in [0, 0.1) is 0 Å². The van der Waals surface area contributed by atoms with E-state index in [1.54, 1.807) is 48.5 Å². The summed E-state index contributed by atoms with van der Waals surface area (Å²) >= 11 is 5.97. The maximum atomic E-state index is 13.3. The lowest BCUT2D eigenvalue weighted by atomic mass is 10.2. The summed E-state index contributed by atoms with van der Waals surface area (Å²) in [6.07, 6.45) is 0.0253. The van der Waals surface area contributed by atoms with E-state index < -0.39 is 17.3 Å². The third kappa shape index (κ3) is 6.14. The fourth-order valence-electron chi connectivity index (χ4n) is 3.09. The van der Waals surface area contributed by atoms with Gasteiger partial charge in [0.25, 0.3) is 0 Å². The van der Waals surface area contributed by atoms with Gasteiger partial charge in [0.1, 0.15) is 5.75 Å². The average molecular weight is 485 g/mol. The van der Waals surface area contributed by atoms with Crippen molar-refractivity contribution in [3.05, 3.63) is 92.2 Å². The maximum Gasteiger partial charge on any atom is 0.355 e. The summed E-state index contributed by atoms with van der Waals surface area (Å²) in [6.45, 7) is 7.20. The molecule has 0 atom stereocenters. The van der Waals surface area contributed by atoms with Crippen molar-refractivity contribution in [2.24, 2.45) is 0 Å². The van der Waals surface area contributed by atoms with Crippen LogP contribution in [0.4, 0.5) is 11.6 Å². The van der Waals surface area contributed by atoms with Crippen LogP contribution < -0.4 is 21.4 Å². The molecule has 1 heterocycles. The SMILES string of the molecule is C=C(Cn1c(=O)nc(Nc2ccc(OC(C)C)cc2)n(Cc2ccc(Cl)cc2)c1=O)C(=O)OC. The van der Waals surface area contributed by atoms with Crippen molar-refractivity contribution >= 4 is 29.2 Å². The number of nitrogens with one attached hydrogen (secondary N) is 1. The van der Waals surface area contributed by atoms with E-state index in [2.05, 4.69) is 21.6 Å². The zero-order valence-electron chi connectivity index (χ0n) is 19.1. The number of aromatic nitrogens is 3. The van der Waals surface area contributed by atoms with Crippen molar-refractivity contribution < 1.29 is 14.3 Å². The summed E-state index contributed by atoms with van der Waals surface area (Å²) in [4.78, 5) is 41.8. The Bertz CT molecular complexity index is 1290. The molecule has 0 aliphatic carbocycles. The molecule has 10 heteroatoms. The molecule has 178 valence electrons. The lowest BCUT2D eigenvalue weighted by molar-refractivity contribution is -0.136. The quantitative estimate of drug-likeness (QED) is 0.366. The molecule has 0 saturated carbocycles. The van der Waals surface area contributed by atoms with Crippen LogP contribution in [0.3, 0.4) is 0 Å². The Hall–Kier alpha value is -3.85. The number of rotatable bonds is 9. The topological polar surface area (TPSA) is 104 Å². The molecule has 0 radical (unpaired) electrons. The predicted molar refractivity (Wildman–Crippen MR) is 130 cm³/mol. The lowest BCUT2D eigenvalue weighted by Crippen LogP contribution is -2.43. The number of carbonyl (C=O) groups is 1. The molecule has 1 aromatic heterocycles. The van der Waals surface area contributed by atoms with Gasteiger partial charge in [-0.2, -0.15) is 4.98 Å². The summed E-state index contributed by atoms with van der Waals surface area (Å²) < 4.78 is 12.4. The monoisotopic (exact) mass is 484 g/mol. The summed E-state index contributed by atoms with van der Waals surface area (Å²) in [5.41, 5.74) is -0.187. The second-order valence-electron chi connectivity index (χ2n) is 7.71. The molecule has 1 N–H and O–H groups in total. The number of halogens is 1. The smallest absolute Gasteiger partial charge is 0.355 e. The summed E-state index contributed by atoms with van der Waals surface area (Å²) in [6, 6.07) is 14.0. The van der Waals surface area contributed by atoms with Crippen LogP contribution >= 0.6 is 11.6 Å². The minimum Gasteiger partial charge on any atom is -0.491 e. The van der Waals surface area contributed by atoms with Crippen molar-refractivity contribution in [3.8, 4) is 5.75 Å². The second kappa shape index (κ2) is 10.8. The van der Waals surface area contributed by atoms with Gasteiger partial charge in [0.15, 0.2) is 0 Å². The Kier molecular flexibility index (Phi) is 7.91. The number of hydrogen-bond donors (Lipinski definition) is 1. The van der Waals surface area contributed by atoms with Crippen LogP contribution in [0.15, 0.2) is 70.3 Å². The van der Waals surface area contributed by atoms with E-state index in [0.717, 1.165) is 10.1 Å². The van der Waals surface area contributed by atoms with E-state index in [1.807, 2.05) is 13.8 Å². The van der Waals surface area contributed by atoms with Gasteiger partial charge in [-0.05, 0) is 55.8 Å². The molecule has 0 spiro atoms. The van der Waals surface area contributed by atoms with Crippen molar-refractivity contribution in [2.75, 3.05) is 12.4 Å². The van der Waals surface area contributed by atoms with Crippen LogP contribution in [0.5, 0.6) is 5.75 Å². The second-order valence-corrected chi connectivity index (χ2v) is 8.15. The zero-order valence-corrected chi connectivity index (χ0v) is 19.8. The Morgan fingerprint density at radius 1 is 1.09 bits per heavy atom. The van der Waals surface area contributed by atoms with Gasteiger partial charge < -0.3 is 14.8 Å². The lowest BCUT2D eigenvalue weighted by Gasteiger charge is -2.16. The molecule has 0 unspecified atom stereocenters. The van der Waals surface area contributed by atoms with Crippen molar-refractivity contribution in [1.29, 1.82) is 0 Å². The molecule has 0 bridgehead atoms. The van der Waals surface area contributed by atoms with E-state index in [0.29, 0.717) is 16.5 Å². The molecule has 0 amide bonds. The van der Waals surface area contributed by atoms with E-state index in [4.69, 9.17) is 16.3 Å². The normalized spacial score (nSPS) is 10.7. The van der Waals surface area contributed by atoms with Gasteiger partial charge in [-0.1, -0.05) is 30.3 Å². The van der Waals surface area contributed by atoms with E-state index in [9.17, 15) is 14.4 Å². The third-order valence-corrected chi connectivity index (χ3v) is 4.96. The van der Waals surface area contributed by atoms with Gasteiger partial charge in [0.05, 0.1) is 31.9 Å². The Balaban J connectivity index is 2.02. The van der Waals surface area contributed by atoms with Gasteiger partial charge >= 0.3 is 17.3 Å². The first-order valence-corrected chi connectivity index (χ1v) is 10.8. The van der Waals surface area contributed by atoms with Crippen LogP contribution in [0.25, 0.3) is 0 Å². The standard InChI is InChI=1S/C24H25ClN4O5/c1-15(2)34-20-11-9-19(10-12-20)26-22-27-23(31)29(13-16(3)21(30)33-4)24(32)28(22)14-17-5-7-18(25)8-6-17/h5-12,15H,3,13-14H2,1-2,4H3,(H,26,27,31). The predicted octanol–water partition coefficient (Wildman–Crippen LogP) is 3.37. The van der Waals surface area contributed by atoms with Crippen LogP contribution in [-0.4, -0.2) is 33.3 Å². The highest BCUT2D eigenvalue weighted by Gasteiger charge is 2.17. The van der Waals surface area contributed by atoms with Gasteiger partial charge in [0, 0.05) is 10.7 Å². The highest BCUT2D eigenvalue weighted by atomic mass is 35.5. The van der Waals surface area contributed by atoms with Crippen molar-refractivity contribution in [2.45, 2.75) is 33.0 Å². The molecular weight excluding hydrogens is 460 g/mol. The minimum atomic E-state index is -0.829. The van der Waals surface area contributed by atoms with Crippen molar-refractivity contribution in [1.82, 2.24) is 14.1 Å². The number of esters is 1. The van der Waals surface area contributed by atoms with Gasteiger partial charge in [-0.25, -0.2) is 19.0 Å². The van der Waals surface area contributed by atoms with Crippen LogP contribution in [0.2, 0.25) is 5.02 Å². The molecule has 2 aromatic carbocycles. The van der Waals surface area contributed by atoms with E-state index in [-0.39, 0.29) is 30.7 Å². The number of ether oxygens (including phenoxy) is 2. The number of hydrogen-bond acceptors (Lipinski definition) is 7. The minimum absolute atomic E-state index is 0.0253. The first kappa shape index (κ1) is 24.8. The van der Waals surface area contributed by atoms with Gasteiger partial charge in [-0.15, -0.1) is 0 Å². The van der Waals surface area contributed by atoms with Crippen molar-refractivity contribution in [3.63, 3.8) is 0 Å². The Labute approximate surface area is 201 Å². The molecular formula is C24H25ClN4O5. The Morgan fingerprint density at radius 2 is 1.74 bits per heavy atom. The fraction of sp³-hybridized carbons (Fsp3) is 0.250. The Morgan fingerprint density at radius 3 is 2.32 bits per heavy atom. The maximum absolute atomic E-state index is 13.3. The van der Waals surface area contributed by atoms with Crippen LogP contribution in [-0.2, 0) is 22.6 Å². The third-order valence-electron chi connectivity index (χ3n) is 4.71. The molecule has 34 heavy (non-hydrogen) atoms. The average Bonchev–Trinajstić information content (AvgIpc) is 2.80. The van der Waals surface area contributed by atoms with Crippen LogP contribution in [0.1, 0.15) is 19.4 Å². The number of methoxy groups -OCH3 is 1. The molecule has 3 aromatic rings. The van der Waals surface area contributed by atoms with Gasteiger partial charge in [0.2, 0.25) is 5.95 Å². The fourth-order valence-corrected chi connectivity index (χ4v) is 3.22. The van der Waals surface area contributed by atoms with E-state index in [1.165, 1.54) is 11.7 Å². The van der Waals surface area contributed by atoms with Gasteiger partial charge in [-0.3, -0.25) is 4.57 Å². The molecule has 0 aliphatic rings. The summed E-state index contributed by atoms with van der Waals surface area (Å²) in [5.74, 6) is 0.00710. The molecule has 9 nitrogen and oxygen atoms in total. The summed E-state index contributed by atoms with van der Waals surface area (Å²) in [5, 5.41) is 3.58. The molecule has 0 aliphatic heterocycles. The number of nitrogens with zero attached hydrogens (tertiary/aromatic N) is 3.